The number of H-pyrrole nitrogens is 1. The summed E-state index contributed by atoms with van der Waals surface area (Å²) >= 11 is 0. The Morgan fingerprint density at radius 1 is 1.05 bits per heavy atom. The second-order valence-electron chi connectivity index (χ2n) is 19.2. The lowest BCUT2D eigenvalue weighted by Crippen LogP contribution is -2.69. The normalized spacial score (nSPS) is 24.8. The molecule has 17 heteroatoms. The van der Waals surface area contributed by atoms with Crippen LogP contribution in [0.3, 0.4) is 0 Å². The number of carbonyl (C=O) groups excluding carboxylic acids is 1. The maximum atomic E-state index is 15.3. The molecule has 64 heavy (non-hydrogen) atoms. The van der Waals surface area contributed by atoms with Crippen molar-refractivity contribution < 1.29 is 36.8 Å². The van der Waals surface area contributed by atoms with Crippen LogP contribution in [-0.4, -0.2) is 95.4 Å². The third kappa shape index (κ3) is 8.62. The Morgan fingerprint density at radius 3 is 2.50 bits per heavy atom. The molecule has 10 rings (SSSR count). The monoisotopic (exact) mass is 905 g/mol. The molecule has 2 aromatic carbocycles. The highest BCUT2D eigenvalue weighted by Crippen LogP contribution is 2.82. The molecule has 0 radical (unpaired) electrons. The number of alkyl halides is 4. The standard InChI is InChI=1S/C47H55F4N7O5S/c1-4-64(35-6-8-38(39(23-35)58(60)61)54-30-46(48)12-19-62-20-13-46)55-42(59)36-7-5-33(22-40(36)63-34-21-31-10-14-52-41(31)53-25-34)57-17-15-56(16-18-57)26-32-9-11-43(2,3)24-37(32)44-27-45(28-44,29-44)47(49,50)51/h4-8,10,14,21-23,25,54H,9,11-13,15-20,24,26-30H2,1-3H3,(H,52,53)(H,55,59). The average Bonchev–Trinajstić information content (AvgIpc) is 3.70. The molecule has 1 unspecified atom stereocenters. The highest BCUT2D eigenvalue weighted by molar-refractivity contribution is 8.13. The molecule has 2 aromatic heterocycles. The van der Waals surface area contributed by atoms with Crippen LogP contribution in [0.1, 0.15) is 82.5 Å². The molecule has 2 bridgehead atoms. The molecule has 3 N–H and O–H groups in total. The molecule has 3 saturated carbocycles. The van der Waals surface area contributed by atoms with E-state index in [0.29, 0.717) is 48.3 Å². The van der Waals surface area contributed by atoms with Crippen LogP contribution in [0.15, 0.2) is 77.0 Å². The van der Waals surface area contributed by atoms with Crippen molar-refractivity contribution in [2.75, 3.05) is 62.7 Å². The Balaban J connectivity index is 0.916. The van der Waals surface area contributed by atoms with Gasteiger partial charge in [0.05, 0.1) is 22.1 Å². The van der Waals surface area contributed by atoms with Crippen LogP contribution in [-0.2, 0) is 4.74 Å². The first-order chi connectivity index (χ1) is 30.5. The van der Waals surface area contributed by atoms with Crippen LogP contribution in [0.4, 0.5) is 34.6 Å². The van der Waals surface area contributed by atoms with Gasteiger partial charge in [-0.1, -0.05) is 35.7 Å². The molecular weight excluding hydrogens is 851 g/mol. The number of pyridine rings is 1. The van der Waals surface area contributed by atoms with E-state index in [1.165, 1.54) is 17.2 Å². The summed E-state index contributed by atoms with van der Waals surface area (Å²) in [5.74, 6) is 0.294. The molecule has 2 saturated heterocycles. The van der Waals surface area contributed by atoms with Crippen LogP contribution in [0.25, 0.3) is 11.0 Å². The summed E-state index contributed by atoms with van der Waals surface area (Å²) in [5.41, 5.74) is 1.21. The Kier molecular flexibility index (Phi) is 11.6. The Bertz CT molecular complexity index is 2510. The Labute approximate surface area is 372 Å². The molecule has 2 aliphatic heterocycles. The van der Waals surface area contributed by atoms with E-state index < -0.39 is 38.8 Å². The van der Waals surface area contributed by atoms with Crippen molar-refractivity contribution in [1.82, 2.24) is 19.6 Å². The van der Waals surface area contributed by atoms with Crippen LogP contribution >= 0.6 is 10.7 Å². The van der Waals surface area contributed by atoms with E-state index >= 15 is 4.39 Å². The number of fused-ring (bicyclic) bond motifs is 1. The van der Waals surface area contributed by atoms with E-state index in [2.05, 4.69) is 43.7 Å². The quantitative estimate of drug-likeness (QED) is 0.0394. The molecule has 0 spiro atoms. The lowest BCUT2D eigenvalue weighted by Gasteiger charge is -2.72. The Hall–Kier alpha value is -5.00. The zero-order valence-electron chi connectivity index (χ0n) is 36.4. The molecule has 4 aliphatic carbocycles. The van der Waals surface area contributed by atoms with Gasteiger partial charge in [0.1, 0.15) is 28.5 Å². The fourth-order valence-electron chi connectivity index (χ4n) is 10.5. The lowest BCUT2D eigenvalue weighted by molar-refractivity contribution is -0.384. The second-order valence-corrected chi connectivity index (χ2v) is 21.0. The average molecular weight is 906 g/mol. The van der Waals surface area contributed by atoms with E-state index in [9.17, 15) is 28.1 Å². The van der Waals surface area contributed by atoms with Gasteiger partial charge in [-0.3, -0.25) is 24.5 Å². The van der Waals surface area contributed by atoms with E-state index in [4.69, 9.17) is 9.47 Å². The maximum absolute atomic E-state index is 15.3. The molecule has 1 atom stereocenters. The third-order valence-electron chi connectivity index (χ3n) is 14.3. The first kappa shape index (κ1) is 44.2. The summed E-state index contributed by atoms with van der Waals surface area (Å²) in [6, 6.07) is 13.8. The van der Waals surface area contributed by atoms with Crippen molar-refractivity contribution in [3.63, 3.8) is 0 Å². The number of carbonyl (C=O) groups is 1. The number of halogens is 4. The van der Waals surface area contributed by atoms with Gasteiger partial charge >= 0.3 is 6.18 Å². The van der Waals surface area contributed by atoms with Crippen molar-refractivity contribution in [1.29, 1.82) is 0 Å². The fraction of sp³-hybridized carbons (Fsp3) is 0.511. The zero-order valence-corrected chi connectivity index (χ0v) is 37.2. The van der Waals surface area contributed by atoms with Gasteiger partial charge in [0.25, 0.3) is 11.6 Å². The van der Waals surface area contributed by atoms with Gasteiger partial charge in [-0.2, -0.15) is 13.2 Å². The predicted molar refractivity (Wildman–Crippen MR) is 241 cm³/mol. The SMILES string of the molecule is C/C=S(\NC(=O)c1ccc(N2CCN(CC3=C(C45CC(C(F)(F)F)(C4)C5)CC(C)(C)CC3)CC2)cc1Oc1cnc2[nH]ccc2c1)c1ccc(NCC2(F)CCOCC2)c([N+](=O)[O-])c1. The van der Waals surface area contributed by atoms with Gasteiger partial charge in [0.2, 0.25) is 0 Å². The van der Waals surface area contributed by atoms with E-state index in [1.54, 1.807) is 42.9 Å². The Morgan fingerprint density at radius 2 is 1.80 bits per heavy atom. The van der Waals surface area contributed by atoms with Crippen LogP contribution in [0.2, 0.25) is 0 Å². The number of ether oxygens (including phenoxy) is 2. The second kappa shape index (κ2) is 16.8. The van der Waals surface area contributed by atoms with Gasteiger partial charge in [-0.25, -0.2) is 9.37 Å². The minimum atomic E-state index is -4.13. The number of hydrogen-bond acceptors (Lipinski definition) is 9. The van der Waals surface area contributed by atoms with Gasteiger partial charge in [0.15, 0.2) is 0 Å². The number of nitro groups is 1. The third-order valence-corrected chi connectivity index (χ3v) is 15.9. The number of hydrogen-bond donors (Lipinski definition) is 3. The number of aromatic amines is 1. The summed E-state index contributed by atoms with van der Waals surface area (Å²) in [5, 5.41) is 17.8. The summed E-state index contributed by atoms with van der Waals surface area (Å²) in [6.45, 7) is 10.5. The number of rotatable bonds is 13. The highest BCUT2D eigenvalue weighted by Gasteiger charge is 2.79. The van der Waals surface area contributed by atoms with Gasteiger partial charge in [-0.15, -0.1) is 0 Å². The van der Waals surface area contributed by atoms with Crippen molar-refractivity contribution in [3.8, 4) is 11.5 Å². The van der Waals surface area contributed by atoms with Crippen molar-refractivity contribution in [2.45, 2.75) is 88.9 Å². The molecule has 12 nitrogen and oxygen atoms in total. The molecule has 4 heterocycles. The summed E-state index contributed by atoms with van der Waals surface area (Å²) in [6.07, 6.45) is 3.19. The molecule has 1 amide bonds. The molecular formula is C47H55F4N7O5S. The number of aromatic nitrogens is 2. The summed E-state index contributed by atoms with van der Waals surface area (Å²) in [4.78, 5) is 38.6. The van der Waals surface area contributed by atoms with E-state index in [-0.39, 0.29) is 66.4 Å². The van der Waals surface area contributed by atoms with Gasteiger partial charge in [-0.05, 0) is 98.0 Å². The number of nitrogens with one attached hydrogen (secondary N) is 3. The van der Waals surface area contributed by atoms with Crippen LogP contribution in [0, 0.1) is 26.4 Å². The van der Waals surface area contributed by atoms with Crippen LogP contribution < -0.4 is 19.7 Å². The minimum Gasteiger partial charge on any atom is -0.455 e. The van der Waals surface area contributed by atoms with Gasteiger partial charge < -0.3 is 24.7 Å². The molecule has 4 aromatic rings. The van der Waals surface area contributed by atoms with Gasteiger partial charge in [0, 0.05) is 99.6 Å². The number of piperazine rings is 1. The summed E-state index contributed by atoms with van der Waals surface area (Å²) in [7, 11) is -1.06. The van der Waals surface area contributed by atoms with Crippen LogP contribution in [0.5, 0.6) is 11.5 Å². The van der Waals surface area contributed by atoms with Crippen molar-refractivity contribution >= 4 is 50.0 Å². The van der Waals surface area contributed by atoms with Crippen molar-refractivity contribution in [3.05, 3.63) is 87.7 Å². The molecule has 6 aliphatic rings. The highest BCUT2D eigenvalue weighted by atomic mass is 32.2. The number of nitro benzene ring substituents is 1. The van der Waals surface area contributed by atoms with E-state index in [0.717, 1.165) is 50.0 Å². The number of allylic oxidation sites excluding steroid dienone is 1. The van der Waals surface area contributed by atoms with Crippen molar-refractivity contribution in [2.24, 2.45) is 16.2 Å². The summed E-state index contributed by atoms with van der Waals surface area (Å²) < 4.78 is 71.6. The number of benzene rings is 2. The fourth-order valence-corrected chi connectivity index (χ4v) is 11.8. The number of anilines is 2. The smallest absolute Gasteiger partial charge is 0.394 e. The number of amides is 1. The minimum absolute atomic E-state index is 0.0811. The number of nitrogens with zero attached hydrogens (tertiary/aromatic N) is 4. The molecule has 342 valence electrons. The largest absolute Gasteiger partial charge is 0.455 e. The predicted octanol–water partition coefficient (Wildman–Crippen LogP) is 10.4. The maximum Gasteiger partial charge on any atom is 0.394 e. The zero-order chi connectivity index (χ0) is 45.1. The first-order valence-corrected chi connectivity index (χ1v) is 23.4. The first-order valence-electron chi connectivity index (χ1n) is 22.1. The lowest BCUT2D eigenvalue weighted by atomic mass is 9.31. The van der Waals surface area contributed by atoms with E-state index in [1.807, 2.05) is 24.3 Å². The molecule has 5 fully saturated rings. The topological polar surface area (TPSA) is 138 Å².